The number of hydrogen-bond acceptors (Lipinski definition) is 1. The summed E-state index contributed by atoms with van der Waals surface area (Å²) in [5.74, 6) is 0. The molecule has 0 amide bonds. The summed E-state index contributed by atoms with van der Waals surface area (Å²) in [4.78, 5) is 11.6. The summed E-state index contributed by atoms with van der Waals surface area (Å²) in [5.41, 5.74) is 0.317. The van der Waals surface area contributed by atoms with Crippen LogP contribution in [0.5, 0.6) is 0 Å². The van der Waals surface area contributed by atoms with Crippen LogP contribution >= 0.6 is 6.60 Å². The van der Waals surface area contributed by atoms with E-state index >= 15 is 0 Å². The Bertz CT molecular complexity index is 319. The molecule has 0 heterocycles. The Kier molecular flexibility index (Phi) is 2.34. The average molecular weight is 196 g/mol. The first-order valence-electron chi connectivity index (χ1n) is 4.40. The third-order valence-corrected chi connectivity index (χ3v) is 7.07. The van der Waals surface area contributed by atoms with Gasteiger partial charge >= 0.3 is 79.5 Å². The van der Waals surface area contributed by atoms with Crippen molar-refractivity contribution in [3.63, 3.8) is 0 Å². The summed E-state index contributed by atoms with van der Waals surface area (Å²) < 4.78 is 0. The molecule has 1 aromatic carbocycles. The zero-order valence-electron chi connectivity index (χ0n) is 8.74. The molecule has 0 aliphatic rings. The van der Waals surface area contributed by atoms with E-state index in [1.165, 1.54) is 5.30 Å². The summed E-state index contributed by atoms with van der Waals surface area (Å²) in [7, 11) is 0. The number of hydrogen-bond donors (Lipinski definition) is 0. The molecule has 1 nitrogen and oxygen atoms in total. The molecule has 1 aromatic rings. The van der Waals surface area contributed by atoms with Gasteiger partial charge in [0.15, 0.2) is 0 Å². The van der Waals surface area contributed by atoms with Crippen molar-refractivity contribution >= 4 is 17.4 Å². The monoisotopic (exact) mass is 196 g/mol. The molecule has 0 N–H and O–H groups in total. The third-order valence-electron chi connectivity index (χ3n) is 2.76. The zero-order chi connectivity index (χ0) is 10.1. The molecule has 0 atom stereocenters. The number of rotatable bonds is 2. The topological polar surface area (TPSA) is 17.1 Å². The molecule has 0 spiro atoms. The minimum absolute atomic E-state index is 0.317. The Morgan fingerprint density at radius 1 is 1.08 bits per heavy atom. The second-order valence-electron chi connectivity index (χ2n) is 4.65. The predicted octanol–water partition coefficient (Wildman–Crippen LogP) is 2.30. The van der Waals surface area contributed by atoms with Gasteiger partial charge in [0.1, 0.15) is 0 Å². The van der Waals surface area contributed by atoms with Crippen LogP contribution in [0.3, 0.4) is 0 Å². The van der Waals surface area contributed by atoms with Crippen molar-refractivity contribution < 1.29 is 4.79 Å². The first-order chi connectivity index (χ1) is 5.83. The Morgan fingerprint density at radius 2 is 1.54 bits per heavy atom. The Balaban J connectivity index is 3.29. The van der Waals surface area contributed by atoms with Crippen molar-refractivity contribution in [2.45, 2.75) is 6.92 Å². The molecule has 72 valence electrons. The summed E-state index contributed by atoms with van der Waals surface area (Å²) in [5, 5.41) is 1.20. The molecule has 0 aromatic heterocycles. The molecule has 1 rings (SSSR count). The van der Waals surface area contributed by atoms with E-state index < -0.39 is 6.60 Å². The van der Waals surface area contributed by atoms with Gasteiger partial charge in [0.2, 0.25) is 0 Å². The molecular formula is C11H17OP. The summed E-state index contributed by atoms with van der Waals surface area (Å²) >= 11 is 0. The van der Waals surface area contributed by atoms with Gasteiger partial charge in [0.25, 0.3) is 0 Å². The number of carbonyl (C=O) groups is 1. The van der Waals surface area contributed by atoms with Gasteiger partial charge in [-0.2, -0.15) is 0 Å². The van der Waals surface area contributed by atoms with Crippen LogP contribution in [-0.2, 0) is 4.79 Å². The minimum atomic E-state index is -2.27. The van der Waals surface area contributed by atoms with Crippen LogP contribution < -0.4 is 5.30 Å². The first-order valence-corrected chi connectivity index (χ1v) is 7.98. The molecule has 0 unspecified atom stereocenters. The predicted molar refractivity (Wildman–Crippen MR) is 61.4 cm³/mol. The van der Waals surface area contributed by atoms with Crippen molar-refractivity contribution in [1.29, 1.82) is 0 Å². The Hall–Kier alpha value is -0.680. The van der Waals surface area contributed by atoms with Crippen LogP contribution in [0, 0.1) is 0 Å². The van der Waals surface area contributed by atoms with Crippen molar-refractivity contribution in [1.82, 2.24) is 0 Å². The summed E-state index contributed by atoms with van der Waals surface area (Å²) in [6.45, 7) is 5.74. The second-order valence-corrected chi connectivity index (χ2v) is 11.4. The van der Waals surface area contributed by atoms with Crippen molar-refractivity contribution in [3.8, 4) is 0 Å². The van der Waals surface area contributed by atoms with Crippen molar-refractivity contribution in [3.05, 3.63) is 30.3 Å². The fourth-order valence-corrected chi connectivity index (χ4v) is 2.71. The average Bonchev–Trinajstić information content (AvgIpc) is 2.05. The summed E-state index contributed by atoms with van der Waals surface area (Å²) in [6.07, 6.45) is 0. The standard InChI is InChI=1S/C11H17OP/c1-10(12)13(2,3,4)11-8-6-5-7-9-11/h5-9H,1-4H3. The van der Waals surface area contributed by atoms with Gasteiger partial charge in [-0.05, 0) is 0 Å². The molecule has 0 saturated carbocycles. The summed E-state index contributed by atoms with van der Waals surface area (Å²) in [6, 6.07) is 10.1. The maximum absolute atomic E-state index is 11.6. The van der Waals surface area contributed by atoms with E-state index in [0.717, 1.165) is 0 Å². The van der Waals surface area contributed by atoms with E-state index in [1.807, 2.05) is 18.2 Å². The van der Waals surface area contributed by atoms with Crippen LogP contribution in [-0.4, -0.2) is 25.5 Å². The molecule has 0 bridgehead atoms. The number of carbonyl (C=O) groups excluding carboxylic acids is 1. The second kappa shape index (κ2) is 2.92. The Morgan fingerprint density at radius 3 is 1.92 bits per heavy atom. The van der Waals surface area contributed by atoms with Crippen LogP contribution in [0.25, 0.3) is 0 Å². The van der Waals surface area contributed by atoms with Crippen LogP contribution in [0.4, 0.5) is 0 Å². The van der Waals surface area contributed by atoms with Gasteiger partial charge in [-0.15, -0.1) is 0 Å². The maximum atomic E-state index is 11.6. The SMILES string of the molecule is CC(=O)P(C)(C)(C)c1ccccc1. The Labute approximate surface area is 80.1 Å². The molecule has 13 heavy (non-hydrogen) atoms. The van der Waals surface area contributed by atoms with Gasteiger partial charge in [-0.25, -0.2) is 0 Å². The fraction of sp³-hybridized carbons (Fsp3) is 0.364. The van der Waals surface area contributed by atoms with Gasteiger partial charge in [-0.1, -0.05) is 0 Å². The first kappa shape index (κ1) is 10.4. The van der Waals surface area contributed by atoms with E-state index in [9.17, 15) is 4.79 Å². The molecule has 2 heteroatoms. The van der Waals surface area contributed by atoms with Crippen molar-refractivity contribution in [2.24, 2.45) is 0 Å². The van der Waals surface area contributed by atoms with E-state index in [4.69, 9.17) is 0 Å². The van der Waals surface area contributed by atoms with E-state index in [2.05, 4.69) is 32.1 Å². The van der Waals surface area contributed by atoms with E-state index in [1.54, 1.807) is 6.92 Å². The van der Waals surface area contributed by atoms with Gasteiger partial charge in [-0.3, -0.25) is 0 Å². The van der Waals surface area contributed by atoms with Gasteiger partial charge in [0.05, 0.1) is 0 Å². The van der Waals surface area contributed by atoms with Crippen LogP contribution in [0.15, 0.2) is 30.3 Å². The van der Waals surface area contributed by atoms with Gasteiger partial charge in [0, 0.05) is 0 Å². The fourth-order valence-electron chi connectivity index (χ4n) is 1.13. The molecular weight excluding hydrogens is 179 g/mol. The molecule has 0 radical (unpaired) electrons. The van der Waals surface area contributed by atoms with E-state index in [-0.39, 0.29) is 0 Å². The molecule has 0 aliphatic carbocycles. The third kappa shape index (κ3) is 1.81. The molecule has 0 saturated heterocycles. The quantitative estimate of drug-likeness (QED) is 0.663. The van der Waals surface area contributed by atoms with Crippen molar-refractivity contribution in [2.75, 3.05) is 20.0 Å². The number of benzene rings is 1. The van der Waals surface area contributed by atoms with Crippen LogP contribution in [0.2, 0.25) is 0 Å². The normalized spacial score (nSPS) is 14.6. The molecule has 0 aliphatic heterocycles. The molecule has 0 fully saturated rings. The zero-order valence-corrected chi connectivity index (χ0v) is 9.64. The van der Waals surface area contributed by atoms with Gasteiger partial charge < -0.3 is 0 Å². The van der Waals surface area contributed by atoms with Crippen LogP contribution in [0.1, 0.15) is 6.92 Å². The van der Waals surface area contributed by atoms with E-state index in [0.29, 0.717) is 5.52 Å².